The molecule has 224 valence electrons. The zero-order valence-corrected chi connectivity index (χ0v) is 24.8. The second kappa shape index (κ2) is 11.9. The van der Waals surface area contributed by atoms with Gasteiger partial charge in [-0.2, -0.15) is 0 Å². The van der Waals surface area contributed by atoms with E-state index in [1.54, 1.807) is 7.05 Å². The van der Waals surface area contributed by atoms with Crippen LogP contribution in [0.5, 0.6) is 0 Å². The summed E-state index contributed by atoms with van der Waals surface area (Å²) in [7, 11) is 1.65. The van der Waals surface area contributed by atoms with Gasteiger partial charge in [-0.3, -0.25) is 20.3 Å². The average molecular weight is 639 g/mol. The molecule has 42 heavy (non-hydrogen) atoms. The van der Waals surface area contributed by atoms with Crippen molar-refractivity contribution in [3.8, 4) is 0 Å². The number of nitrogen functional groups attached to an aromatic ring is 3. The van der Waals surface area contributed by atoms with E-state index < -0.39 is 46.5 Å². The lowest BCUT2D eigenvalue weighted by molar-refractivity contribution is -0.667. The highest BCUT2D eigenvalue weighted by atomic mass is 32.2. The van der Waals surface area contributed by atoms with Gasteiger partial charge in [0.05, 0.1) is 17.7 Å². The van der Waals surface area contributed by atoms with Crippen LogP contribution in [0.4, 0.5) is 16.8 Å². The Morgan fingerprint density at radius 3 is 2.67 bits per heavy atom. The molecule has 4 rings (SSSR count). The minimum atomic E-state index is -1.78. The van der Waals surface area contributed by atoms with Crippen molar-refractivity contribution >= 4 is 81.1 Å². The van der Waals surface area contributed by atoms with E-state index in [0.717, 1.165) is 28.0 Å². The summed E-state index contributed by atoms with van der Waals surface area (Å²) in [6.45, 7) is 2.46. The van der Waals surface area contributed by atoms with Gasteiger partial charge in [-0.15, -0.1) is 27.8 Å². The number of thiazole rings is 1. The van der Waals surface area contributed by atoms with E-state index in [-0.39, 0.29) is 33.8 Å². The molecule has 0 radical (unpaired) electrons. The Bertz CT molecular complexity index is 1530. The Hall–Kier alpha value is -4.30. The van der Waals surface area contributed by atoms with Crippen molar-refractivity contribution in [2.75, 3.05) is 41.2 Å². The smallest absolute Gasteiger partial charge is 0.350 e. The minimum absolute atomic E-state index is 0.000483. The van der Waals surface area contributed by atoms with Gasteiger partial charge in [0.15, 0.2) is 10.8 Å². The normalized spacial score (nSPS) is 18.7. The molecule has 0 spiro atoms. The predicted octanol–water partition coefficient (Wildman–Crippen LogP) is -2.47. The number of fused-ring (bicyclic) bond motifs is 1. The maximum atomic E-state index is 13.2. The number of hydrogen-bond donors (Lipinski definition) is 6. The van der Waals surface area contributed by atoms with Crippen LogP contribution in [0.3, 0.4) is 0 Å². The Morgan fingerprint density at radius 2 is 2.07 bits per heavy atom. The predicted molar refractivity (Wildman–Crippen MR) is 152 cm³/mol. The third-order valence-corrected chi connectivity index (χ3v) is 9.05. The van der Waals surface area contributed by atoms with Crippen molar-refractivity contribution in [3.63, 3.8) is 0 Å². The topological polar surface area (TPSA) is 268 Å². The number of carboxylic acids is 2. The summed E-state index contributed by atoms with van der Waals surface area (Å²) in [5.41, 5.74) is 9.39. The fourth-order valence-corrected chi connectivity index (χ4v) is 6.72. The van der Waals surface area contributed by atoms with Gasteiger partial charge < -0.3 is 41.9 Å². The summed E-state index contributed by atoms with van der Waals surface area (Å²) in [6, 6.07) is 0.405. The monoisotopic (exact) mass is 638 g/mol. The fourth-order valence-electron chi connectivity index (χ4n) is 3.75. The molecule has 1 saturated heterocycles. The van der Waals surface area contributed by atoms with Gasteiger partial charge in [0.2, 0.25) is 17.2 Å². The first-order valence-corrected chi connectivity index (χ1v) is 14.8. The molecule has 2 aliphatic rings. The van der Waals surface area contributed by atoms with Crippen LogP contribution in [0.15, 0.2) is 33.0 Å². The largest absolute Gasteiger partial charge is 0.543 e. The molecule has 9 N–H and O–H groups in total. The van der Waals surface area contributed by atoms with Gasteiger partial charge in [0.25, 0.3) is 11.8 Å². The second-order valence-corrected chi connectivity index (χ2v) is 12.2. The van der Waals surface area contributed by atoms with Gasteiger partial charge in [0, 0.05) is 23.9 Å². The molecule has 2 aromatic rings. The highest BCUT2D eigenvalue weighted by molar-refractivity contribution is 8.01. The van der Waals surface area contributed by atoms with Crippen LogP contribution in [0.2, 0.25) is 0 Å². The van der Waals surface area contributed by atoms with Crippen LogP contribution in [0.1, 0.15) is 19.5 Å². The zero-order valence-electron chi connectivity index (χ0n) is 22.3. The van der Waals surface area contributed by atoms with Crippen molar-refractivity contribution in [1.29, 1.82) is 0 Å². The summed E-state index contributed by atoms with van der Waals surface area (Å²) in [5, 5.41) is 31.6. The first kappa shape index (κ1) is 30.7. The first-order chi connectivity index (χ1) is 19.7. The van der Waals surface area contributed by atoms with E-state index >= 15 is 0 Å². The van der Waals surface area contributed by atoms with Gasteiger partial charge in [-0.25, -0.2) is 9.78 Å². The molecule has 1 fully saturated rings. The number of nitrogens with zero attached hydrogens (tertiary/aromatic N) is 5. The van der Waals surface area contributed by atoms with Crippen LogP contribution >= 0.6 is 34.9 Å². The SMILES string of the molecule is CNc1cc(N)nc(SCC2=C(C(=O)[O-])N3C(=O)C(NC(=O)/C(=N\OC(C)(C)C(=O)O)c4csc(N)n4)[C@H]3SC2)[n+]1N. The number of rotatable bonds is 11. The molecule has 2 aliphatic heterocycles. The molecule has 20 heteroatoms. The lowest BCUT2D eigenvalue weighted by Crippen LogP contribution is -2.71. The van der Waals surface area contributed by atoms with Gasteiger partial charge in [-0.1, -0.05) is 10.1 Å². The number of aromatic nitrogens is 3. The molecule has 2 amide bonds. The summed E-state index contributed by atoms with van der Waals surface area (Å²) < 4.78 is 1.26. The molecule has 0 saturated carbocycles. The Labute approximate surface area is 250 Å². The van der Waals surface area contributed by atoms with Crippen LogP contribution in [0, 0.1) is 0 Å². The number of β-lactam (4-membered cyclic amide) rings is 1. The van der Waals surface area contributed by atoms with E-state index in [1.807, 2.05) is 0 Å². The second-order valence-electron chi connectivity index (χ2n) is 9.28. The zero-order chi connectivity index (χ0) is 30.9. The van der Waals surface area contributed by atoms with Crippen molar-refractivity contribution in [3.05, 3.63) is 28.4 Å². The molecule has 2 atom stereocenters. The first-order valence-electron chi connectivity index (χ1n) is 11.9. The number of thioether (sulfide) groups is 2. The maximum absolute atomic E-state index is 13.2. The molecule has 0 bridgehead atoms. The molecule has 4 heterocycles. The summed E-state index contributed by atoms with van der Waals surface area (Å²) >= 11 is 3.36. The molecule has 2 aromatic heterocycles. The number of hydrogen-bond acceptors (Lipinski definition) is 16. The molecule has 0 aliphatic carbocycles. The van der Waals surface area contributed by atoms with E-state index in [1.165, 1.54) is 41.7 Å². The Balaban J connectivity index is 1.53. The standard InChI is InChI=1S/C22H26N10O7S3/c1-22(2,19(37)38)39-30-12(9-7-41-20(24)27-9)15(33)29-13-16(34)31-14(18(35)36)8(5-40-17(13)31)6-42-21-28-10(23)4-11(26-3)32(21)25/h4,7,13,17H,5-6,25H2,1-3H3,(H7,23,24,26,27,29,33,35,36,37,38)/b30-12-/t13?,17-/m1/s1. The number of carboxylic acid groups (broad SMARTS) is 2. The number of nitrogens with one attached hydrogen (secondary N) is 2. The van der Waals surface area contributed by atoms with E-state index in [2.05, 4.69) is 25.8 Å². The molecule has 1 unspecified atom stereocenters. The molecular formula is C22H26N10O7S3. The van der Waals surface area contributed by atoms with Crippen LogP contribution in [-0.4, -0.2) is 85.0 Å². The van der Waals surface area contributed by atoms with Crippen molar-refractivity contribution < 1.29 is 38.9 Å². The summed E-state index contributed by atoms with van der Waals surface area (Å²) in [5.74, 6) is 2.55. The number of aliphatic carboxylic acids is 2. The number of carbonyl (C=O) groups is 4. The Morgan fingerprint density at radius 1 is 1.36 bits per heavy atom. The average Bonchev–Trinajstić information content (AvgIpc) is 3.36. The minimum Gasteiger partial charge on any atom is -0.543 e. The fraction of sp³-hybridized carbons (Fsp3) is 0.364. The Kier molecular flexibility index (Phi) is 8.68. The van der Waals surface area contributed by atoms with Crippen LogP contribution < -0.4 is 37.7 Å². The van der Waals surface area contributed by atoms with Crippen LogP contribution in [-0.2, 0) is 24.0 Å². The van der Waals surface area contributed by atoms with Gasteiger partial charge in [0.1, 0.15) is 17.1 Å². The van der Waals surface area contributed by atoms with Crippen molar-refractivity contribution in [1.82, 2.24) is 20.2 Å². The number of carbonyl (C=O) groups excluding carboxylic acids is 3. The number of anilines is 3. The summed E-state index contributed by atoms with van der Waals surface area (Å²) in [6.07, 6.45) is 0. The lowest BCUT2D eigenvalue weighted by atomic mass is 10.0. The molecular weight excluding hydrogens is 613 g/mol. The summed E-state index contributed by atoms with van der Waals surface area (Å²) in [4.78, 5) is 64.2. The van der Waals surface area contributed by atoms with E-state index in [4.69, 9.17) is 22.1 Å². The number of amides is 2. The van der Waals surface area contributed by atoms with Gasteiger partial charge in [-0.05, 0) is 31.2 Å². The van der Waals surface area contributed by atoms with E-state index in [9.17, 15) is 29.4 Å². The highest BCUT2D eigenvalue weighted by Gasteiger charge is 2.53. The van der Waals surface area contributed by atoms with Crippen LogP contribution in [0.25, 0.3) is 0 Å². The lowest BCUT2D eigenvalue weighted by Gasteiger charge is -2.50. The quantitative estimate of drug-likeness (QED) is 0.0283. The molecule has 0 aromatic carbocycles. The molecule has 17 nitrogen and oxygen atoms in total. The number of oxime groups is 1. The maximum Gasteiger partial charge on any atom is 0.350 e. The number of nitrogens with two attached hydrogens (primary N) is 3. The van der Waals surface area contributed by atoms with Crippen molar-refractivity contribution in [2.45, 2.75) is 36.0 Å². The third-order valence-electron chi connectivity index (χ3n) is 5.99. The van der Waals surface area contributed by atoms with Gasteiger partial charge >= 0.3 is 11.1 Å². The highest BCUT2D eigenvalue weighted by Crippen LogP contribution is 2.41. The van der Waals surface area contributed by atoms with E-state index in [0.29, 0.717) is 16.5 Å². The third kappa shape index (κ3) is 5.99. The van der Waals surface area contributed by atoms with Crippen molar-refractivity contribution in [2.24, 2.45) is 5.16 Å².